The Kier molecular flexibility index (Phi) is 5.66. The van der Waals surface area contributed by atoms with Gasteiger partial charge in [0.25, 0.3) is 10.1 Å². The van der Waals surface area contributed by atoms with E-state index in [0.29, 0.717) is 6.26 Å². The summed E-state index contributed by atoms with van der Waals surface area (Å²) in [5, 5.41) is 11.6. The Balaban J connectivity index is 0.000000292. The normalized spacial score (nSPS) is 18.1. The summed E-state index contributed by atoms with van der Waals surface area (Å²) in [6, 6.07) is 0. The second-order valence-corrected chi connectivity index (χ2v) is 4.56. The lowest BCUT2D eigenvalue weighted by Crippen LogP contribution is -2.31. The molecule has 7 heteroatoms. The van der Waals surface area contributed by atoms with Gasteiger partial charge in [-0.25, -0.2) is 0 Å². The van der Waals surface area contributed by atoms with Crippen molar-refractivity contribution >= 4 is 16.1 Å². The van der Waals surface area contributed by atoms with Gasteiger partial charge in [-0.05, 0) is 25.9 Å². The van der Waals surface area contributed by atoms with Gasteiger partial charge in [0.1, 0.15) is 0 Å². The third-order valence-corrected chi connectivity index (χ3v) is 1.69. The SMILES string of the molecule is CS(=O)(=O)O.O=C(O)C1CCNCC1. The van der Waals surface area contributed by atoms with E-state index >= 15 is 0 Å². The van der Waals surface area contributed by atoms with Crippen LogP contribution >= 0.6 is 0 Å². The Morgan fingerprint density at radius 2 is 1.71 bits per heavy atom. The van der Waals surface area contributed by atoms with E-state index in [2.05, 4.69) is 5.32 Å². The van der Waals surface area contributed by atoms with Gasteiger partial charge in [-0.2, -0.15) is 8.42 Å². The second-order valence-electron chi connectivity index (χ2n) is 3.10. The maximum atomic E-state index is 10.3. The van der Waals surface area contributed by atoms with Gasteiger partial charge in [0, 0.05) is 0 Å². The Morgan fingerprint density at radius 1 is 1.36 bits per heavy atom. The zero-order chi connectivity index (χ0) is 11.2. The first kappa shape index (κ1) is 13.3. The number of hydrogen-bond acceptors (Lipinski definition) is 4. The molecule has 14 heavy (non-hydrogen) atoms. The van der Waals surface area contributed by atoms with Crippen molar-refractivity contribution in [2.75, 3.05) is 19.3 Å². The van der Waals surface area contributed by atoms with E-state index < -0.39 is 16.1 Å². The topological polar surface area (TPSA) is 104 Å². The van der Waals surface area contributed by atoms with Crippen LogP contribution in [0.1, 0.15) is 12.8 Å². The molecule has 0 radical (unpaired) electrons. The zero-order valence-corrected chi connectivity index (χ0v) is 8.75. The van der Waals surface area contributed by atoms with Crippen LogP contribution in [-0.4, -0.2) is 43.4 Å². The molecule has 1 aliphatic rings. The van der Waals surface area contributed by atoms with Crippen molar-refractivity contribution in [2.24, 2.45) is 5.92 Å². The molecule has 1 saturated heterocycles. The molecule has 0 aromatic rings. The van der Waals surface area contributed by atoms with Crippen LogP contribution < -0.4 is 5.32 Å². The lowest BCUT2D eigenvalue weighted by Gasteiger charge is -2.17. The van der Waals surface area contributed by atoms with E-state index in [0.717, 1.165) is 25.9 Å². The Bertz CT molecular complexity index is 260. The molecular weight excluding hydrogens is 210 g/mol. The fraction of sp³-hybridized carbons (Fsp3) is 0.857. The quantitative estimate of drug-likeness (QED) is 0.523. The van der Waals surface area contributed by atoms with Gasteiger partial charge < -0.3 is 10.4 Å². The highest BCUT2D eigenvalue weighted by atomic mass is 32.2. The minimum Gasteiger partial charge on any atom is -0.481 e. The third-order valence-electron chi connectivity index (χ3n) is 1.69. The van der Waals surface area contributed by atoms with Crippen LogP contribution in [0, 0.1) is 5.92 Å². The predicted octanol–water partition coefficient (Wildman–Crippen LogP) is -0.425. The van der Waals surface area contributed by atoms with E-state index in [-0.39, 0.29) is 5.92 Å². The minimum atomic E-state index is -3.67. The number of carboxylic acid groups (broad SMARTS) is 1. The van der Waals surface area contributed by atoms with E-state index in [1.807, 2.05) is 0 Å². The van der Waals surface area contributed by atoms with Crippen LogP contribution in [0.3, 0.4) is 0 Å². The van der Waals surface area contributed by atoms with Gasteiger partial charge in [-0.1, -0.05) is 0 Å². The largest absolute Gasteiger partial charge is 0.481 e. The summed E-state index contributed by atoms with van der Waals surface area (Å²) in [5.41, 5.74) is 0. The Morgan fingerprint density at radius 3 is 1.93 bits per heavy atom. The van der Waals surface area contributed by atoms with Crippen LogP contribution in [0.4, 0.5) is 0 Å². The fourth-order valence-electron chi connectivity index (χ4n) is 1.07. The summed E-state index contributed by atoms with van der Waals surface area (Å²) < 4.78 is 25.9. The van der Waals surface area contributed by atoms with Crippen molar-refractivity contribution < 1.29 is 22.9 Å². The Labute approximate surface area is 83.1 Å². The number of rotatable bonds is 1. The monoisotopic (exact) mass is 225 g/mol. The smallest absolute Gasteiger partial charge is 0.306 e. The van der Waals surface area contributed by atoms with E-state index in [4.69, 9.17) is 9.66 Å². The second kappa shape index (κ2) is 5.94. The third kappa shape index (κ3) is 9.43. The number of hydrogen-bond donors (Lipinski definition) is 3. The van der Waals surface area contributed by atoms with Gasteiger partial charge in [0.05, 0.1) is 12.2 Å². The number of carbonyl (C=O) groups is 1. The summed E-state index contributed by atoms with van der Waals surface area (Å²) in [5.74, 6) is -0.734. The lowest BCUT2D eigenvalue weighted by atomic mass is 9.99. The number of nitrogens with one attached hydrogen (secondary N) is 1. The minimum absolute atomic E-state index is 0.0914. The van der Waals surface area contributed by atoms with Gasteiger partial charge >= 0.3 is 5.97 Å². The van der Waals surface area contributed by atoms with E-state index in [1.54, 1.807) is 0 Å². The van der Waals surface area contributed by atoms with Crippen molar-refractivity contribution in [2.45, 2.75) is 12.8 Å². The maximum absolute atomic E-state index is 10.3. The summed E-state index contributed by atoms with van der Waals surface area (Å²) in [6.07, 6.45) is 2.29. The lowest BCUT2D eigenvalue weighted by molar-refractivity contribution is -0.142. The van der Waals surface area contributed by atoms with Crippen LogP contribution in [-0.2, 0) is 14.9 Å². The summed E-state index contributed by atoms with van der Waals surface area (Å²) in [7, 11) is -3.67. The van der Waals surface area contributed by atoms with Crippen molar-refractivity contribution in [1.29, 1.82) is 0 Å². The molecule has 6 nitrogen and oxygen atoms in total. The van der Waals surface area contributed by atoms with Gasteiger partial charge in [0.15, 0.2) is 0 Å². The molecule has 0 aliphatic carbocycles. The molecule has 1 rings (SSSR count). The summed E-state index contributed by atoms with van der Waals surface area (Å²) >= 11 is 0. The first-order chi connectivity index (χ1) is 6.30. The van der Waals surface area contributed by atoms with Crippen LogP contribution in [0.25, 0.3) is 0 Å². The molecule has 1 heterocycles. The van der Waals surface area contributed by atoms with Crippen molar-refractivity contribution in [1.82, 2.24) is 5.32 Å². The van der Waals surface area contributed by atoms with E-state index in [1.165, 1.54) is 0 Å². The average Bonchev–Trinajstić information content (AvgIpc) is 2.03. The van der Waals surface area contributed by atoms with Crippen LogP contribution in [0.5, 0.6) is 0 Å². The zero-order valence-electron chi connectivity index (χ0n) is 7.93. The highest BCUT2D eigenvalue weighted by Crippen LogP contribution is 2.10. The predicted molar refractivity (Wildman–Crippen MR) is 50.7 cm³/mol. The van der Waals surface area contributed by atoms with Crippen LogP contribution in [0.15, 0.2) is 0 Å². The maximum Gasteiger partial charge on any atom is 0.306 e. The van der Waals surface area contributed by atoms with Gasteiger partial charge in [-0.15, -0.1) is 0 Å². The number of piperidine rings is 1. The molecule has 84 valence electrons. The summed E-state index contributed by atoms with van der Waals surface area (Å²) in [6.45, 7) is 1.72. The van der Waals surface area contributed by atoms with Crippen molar-refractivity contribution in [3.8, 4) is 0 Å². The standard InChI is InChI=1S/C6H11NO2.CH4O3S/c8-6(9)5-1-3-7-4-2-5;1-5(2,3)4/h5,7H,1-4H2,(H,8,9);1H3,(H,2,3,4). The van der Waals surface area contributed by atoms with Crippen LogP contribution in [0.2, 0.25) is 0 Å². The molecule has 0 spiro atoms. The molecule has 0 unspecified atom stereocenters. The molecule has 1 aliphatic heterocycles. The van der Waals surface area contributed by atoms with Crippen molar-refractivity contribution in [3.05, 3.63) is 0 Å². The Hall–Kier alpha value is -0.660. The molecule has 0 bridgehead atoms. The fourth-order valence-corrected chi connectivity index (χ4v) is 1.07. The molecule has 0 amide bonds. The molecular formula is C7H15NO5S. The first-order valence-electron chi connectivity index (χ1n) is 4.16. The first-order valence-corrected chi connectivity index (χ1v) is 6.01. The molecule has 0 atom stereocenters. The number of carboxylic acids is 1. The molecule has 1 fully saturated rings. The average molecular weight is 225 g/mol. The molecule has 0 aromatic heterocycles. The van der Waals surface area contributed by atoms with Gasteiger partial charge in [-0.3, -0.25) is 9.35 Å². The van der Waals surface area contributed by atoms with E-state index in [9.17, 15) is 13.2 Å². The summed E-state index contributed by atoms with van der Waals surface area (Å²) in [4.78, 5) is 10.3. The molecule has 0 saturated carbocycles. The molecule has 3 N–H and O–H groups in total. The highest BCUT2D eigenvalue weighted by Gasteiger charge is 2.18. The van der Waals surface area contributed by atoms with Crippen molar-refractivity contribution in [3.63, 3.8) is 0 Å². The van der Waals surface area contributed by atoms with Gasteiger partial charge in [0.2, 0.25) is 0 Å². The highest BCUT2D eigenvalue weighted by molar-refractivity contribution is 7.85. The molecule has 0 aromatic carbocycles. The number of aliphatic carboxylic acids is 1.